The van der Waals surface area contributed by atoms with Gasteiger partial charge in [0.05, 0.1) is 0 Å². The van der Waals surface area contributed by atoms with Crippen LogP contribution in [0.2, 0.25) is 0 Å². The minimum Gasteiger partial charge on any atom is -0.462 e. The molecule has 0 rings (SSSR count). The van der Waals surface area contributed by atoms with E-state index in [0.717, 1.165) is 57.8 Å². The topological polar surface area (TPSA) is 78.9 Å². The molecule has 0 heterocycles. The van der Waals surface area contributed by atoms with Crippen LogP contribution in [-0.4, -0.2) is 37.2 Å². The van der Waals surface area contributed by atoms with Gasteiger partial charge in [0.1, 0.15) is 13.2 Å². The summed E-state index contributed by atoms with van der Waals surface area (Å²) in [4.78, 5) is 38.2. The van der Waals surface area contributed by atoms with Crippen LogP contribution in [0.5, 0.6) is 0 Å². The van der Waals surface area contributed by atoms with Crippen LogP contribution in [0.25, 0.3) is 0 Å². The van der Waals surface area contributed by atoms with Crippen molar-refractivity contribution in [3.63, 3.8) is 0 Å². The van der Waals surface area contributed by atoms with E-state index in [9.17, 15) is 14.4 Å². The Morgan fingerprint density at radius 2 is 0.391 bits per heavy atom. The maximum atomic E-state index is 12.9. The lowest BCUT2D eigenvalue weighted by Gasteiger charge is -2.18. The zero-order chi connectivity index (χ0) is 50.0. The van der Waals surface area contributed by atoms with Crippen LogP contribution in [0.15, 0.2) is 0 Å². The van der Waals surface area contributed by atoms with Gasteiger partial charge in [0.2, 0.25) is 0 Å². The smallest absolute Gasteiger partial charge is 0.306 e. The fourth-order valence-electron chi connectivity index (χ4n) is 9.86. The van der Waals surface area contributed by atoms with Gasteiger partial charge in [-0.25, -0.2) is 0 Å². The summed E-state index contributed by atoms with van der Waals surface area (Å²) in [5.41, 5.74) is 0. The Morgan fingerprint density at radius 3 is 0.580 bits per heavy atom. The molecule has 1 unspecified atom stereocenters. The third-order valence-corrected chi connectivity index (χ3v) is 14.6. The molecule has 0 aliphatic rings. The second-order valence-electron chi connectivity index (χ2n) is 21.7. The van der Waals surface area contributed by atoms with Crippen LogP contribution >= 0.6 is 0 Å². The second-order valence-corrected chi connectivity index (χ2v) is 21.7. The van der Waals surface area contributed by atoms with Crippen molar-refractivity contribution in [2.75, 3.05) is 13.2 Å². The molecule has 0 spiro atoms. The van der Waals surface area contributed by atoms with E-state index in [1.54, 1.807) is 0 Å². The van der Waals surface area contributed by atoms with Gasteiger partial charge < -0.3 is 14.2 Å². The highest BCUT2D eigenvalue weighted by atomic mass is 16.6. The molecule has 410 valence electrons. The number of esters is 3. The fourth-order valence-corrected chi connectivity index (χ4v) is 9.86. The predicted octanol–water partition coefficient (Wildman–Crippen LogP) is 21.1. The molecule has 0 aromatic carbocycles. The summed E-state index contributed by atoms with van der Waals surface area (Å²) in [6.45, 7) is 6.72. The molecule has 0 amide bonds. The van der Waals surface area contributed by atoms with Gasteiger partial charge in [-0.05, 0) is 19.3 Å². The van der Waals surface area contributed by atoms with Crippen molar-refractivity contribution < 1.29 is 28.6 Å². The van der Waals surface area contributed by atoms with E-state index in [1.165, 1.54) is 270 Å². The summed E-state index contributed by atoms with van der Waals surface area (Å²) >= 11 is 0. The summed E-state index contributed by atoms with van der Waals surface area (Å²) in [7, 11) is 0. The molecule has 6 nitrogen and oxygen atoms in total. The average molecular weight is 976 g/mol. The molecule has 0 saturated carbocycles. The summed E-state index contributed by atoms with van der Waals surface area (Å²) in [6.07, 6.45) is 66.8. The Morgan fingerprint density at radius 1 is 0.232 bits per heavy atom. The van der Waals surface area contributed by atoms with E-state index in [4.69, 9.17) is 14.2 Å². The van der Waals surface area contributed by atoms with Crippen molar-refractivity contribution in [1.82, 2.24) is 0 Å². The highest BCUT2D eigenvalue weighted by Crippen LogP contribution is 2.18. The van der Waals surface area contributed by atoms with Crippen molar-refractivity contribution >= 4 is 17.9 Å². The third-order valence-electron chi connectivity index (χ3n) is 14.6. The van der Waals surface area contributed by atoms with Crippen LogP contribution in [0.1, 0.15) is 367 Å². The molecule has 0 radical (unpaired) electrons. The summed E-state index contributed by atoms with van der Waals surface area (Å²) in [5, 5.41) is 0. The highest BCUT2D eigenvalue weighted by molar-refractivity contribution is 5.71. The summed E-state index contributed by atoms with van der Waals surface area (Å²) < 4.78 is 16.9. The molecular formula is C63H122O6. The summed E-state index contributed by atoms with van der Waals surface area (Å²) in [5.74, 6) is -0.829. The number of ether oxygens (including phenoxy) is 3. The molecule has 0 N–H and O–H groups in total. The van der Waals surface area contributed by atoms with E-state index < -0.39 is 6.10 Å². The number of carbonyl (C=O) groups is 3. The standard InChI is InChI=1S/C63H122O6/c1-4-7-10-13-16-19-22-25-27-28-29-30-31-32-33-34-35-37-38-41-44-47-50-53-56-62(65)68-59-60(58-67-61(64)55-52-49-46-43-40-24-21-18-15-12-9-6-3)69-63(66)57-54-51-48-45-42-39-36-26-23-20-17-14-11-8-5-2/h60H,4-59H2,1-3H3. The minimum atomic E-state index is -0.761. The molecule has 69 heavy (non-hydrogen) atoms. The molecule has 0 saturated heterocycles. The van der Waals surface area contributed by atoms with Gasteiger partial charge in [-0.1, -0.05) is 329 Å². The molecule has 0 bridgehead atoms. The van der Waals surface area contributed by atoms with Gasteiger partial charge in [0, 0.05) is 19.3 Å². The first-order valence-electron chi connectivity index (χ1n) is 31.5. The van der Waals surface area contributed by atoms with Gasteiger partial charge in [0.15, 0.2) is 6.10 Å². The molecule has 0 fully saturated rings. The van der Waals surface area contributed by atoms with Gasteiger partial charge in [0.25, 0.3) is 0 Å². The first-order valence-corrected chi connectivity index (χ1v) is 31.5. The maximum absolute atomic E-state index is 12.9. The zero-order valence-corrected chi connectivity index (χ0v) is 47.1. The number of hydrogen-bond donors (Lipinski definition) is 0. The van der Waals surface area contributed by atoms with Crippen molar-refractivity contribution in [2.45, 2.75) is 374 Å². The van der Waals surface area contributed by atoms with Crippen LogP contribution in [0.4, 0.5) is 0 Å². The molecule has 0 aromatic rings. The van der Waals surface area contributed by atoms with E-state index in [1.807, 2.05) is 0 Å². The lowest BCUT2D eigenvalue weighted by Crippen LogP contribution is -2.30. The number of hydrogen-bond acceptors (Lipinski definition) is 6. The number of unbranched alkanes of at least 4 members (excludes halogenated alkanes) is 48. The Labute approximate surface area is 431 Å². The maximum Gasteiger partial charge on any atom is 0.306 e. The average Bonchev–Trinajstić information content (AvgIpc) is 3.35. The number of carbonyl (C=O) groups excluding carboxylic acids is 3. The van der Waals surface area contributed by atoms with Crippen molar-refractivity contribution in [3.8, 4) is 0 Å². The van der Waals surface area contributed by atoms with Crippen molar-refractivity contribution in [2.24, 2.45) is 0 Å². The molecule has 0 aromatic heterocycles. The lowest BCUT2D eigenvalue weighted by atomic mass is 10.0. The summed E-state index contributed by atoms with van der Waals surface area (Å²) in [6, 6.07) is 0. The van der Waals surface area contributed by atoms with E-state index in [2.05, 4.69) is 20.8 Å². The molecular weight excluding hydrogens is 853 g/mol. The lowest BCUT2D eigenvalue weighted by molar-refractivity contribution is -0.167. The Kier molecular flexibility index (Phi) is 57.6. The monoisotopic (exact) mass is 975 g/mol. The predicted molar refractivity (Wildman–Crippen MR) is 298 cm³/mol. The van der Waals surface area contributed by atoms with Gasteiger partial charge in [-0.15, -0.1) is 0 Å². The largest absolute Gasteiger partial charge is 0.462 e. The SMILES string of the molecule is CCCCCCCCCCCCCCCCCCCCCCCCCCC(=O)OCC(COC(=O)CCCCCCCCCCCCCC)OC(=O)CCCCCCCCCCCCCCCCC. The molecule has 1 atom stereocenters. The Bertz CT molecular complexity index is 1030. The first-order chi connectivity index (χ1) is 34.0. The second kappa shape index (κ2) is 59.0. The highest BCUT2D eigenvalue weighted by Gasteiger charge is 2.19. The molecule has 0 aliphatic carbocycles. The van der Waals surface area contributed by atoms with Crippen LogP contribution in [-0.2, 0) is 28.6 Å². The Hall–Kier alpha value is -1.59. The number of rotatable bonds is 59. The normalized spacial score (nSPS) is 11.9. The third kappa shape index (κ3) is 57.2. The van der Waals surface area contributed by atoms with Crippen molar-refractivity contribution in [3.05, 3.63) is 0 Å². The van der Waals surface area contributed by atoms with E-state index >= 15 is 0 Å². The first kappa shape index (κ1) is 67.4. The molecule has 0 aliphatic heterocycles. The van der Waals surface area contributed by atoms with Gasteiger partial charge >= 0.3 is 17.9 Å². The van der Waals surface area contributed by atoms with Crippen LogP contribution < -0.4 is 0 Å². The van der Waals surface area contributed by atoms with E-state index in [0.29, 0.717) is 19.3 Å². The quantitative estimate of drug-likeness (QED) is 0.0343. The van der Waals surface area contributed by atoms with Crippen molar-refractivity contribution in [1.29, 1.82) is 0 Å². The van der Waals surface area contributed by atoms with Crippen LogP contribution in [0.3, 0.4) is 0 Å². The zero-order valence-electron chi connectivity index (χ0n) is 47.1. The van der Waals surface area contributed by atoms with Crippen LogP contribution in [0, 0.1) is 0 Å². The minimum absolute atomic E-state index is 0.0608. The fraction of sp³-hybridized carbons (Fsp3) is 0.952. The Balaban J connectivity index is 4.17. The molecule has 6 heteroatoms. The van der Waals surface area contributed by atoms with Gasteiger partial charge in [-0.2, -0.15) is 0 Å². The van der Waals surface area contributed by atoms with Gasteiger partial charge in [-0.3, -0.25) is 14.4 Å². The van der Waals surface area contributed by atoms with E-state index in [-0.39, 0.29) is 31.1 Å².